The summed E-state index contributed by atoms with van der Waals surface area (Å²) in [4.78, 5) is 36.6. The third kappa shape index (κ3) is 6.27. The van der Waals surface area contributed by atoms with Gasteiger partial charge in [0.1, 0.15) is 5.75 Å². The molecule has 0 heterocycles. The van der Waals surface area contributed by atoms with E-state index in [-0.39, 0.29) is 12.4 Å². The van der Waals surface area contributed by atoms with Gasteiger partial charge >= 0.3 is 5.97 Å². The monoisotopic (exact) mass is 417 g/mol. The standard InChI is InChI=1S/C25H23NO5/c1-17-8-12-21(13-9-17)26-25(29)18(2)31-23(27)16-30-22-14-10-20(11-15-22)24(28)19-6-4-3-5-7-19/h3-15,18H,16H2,1-2H3,(H,26,29)/t18-/m1/s1. The van der Waals surface area contributed by atoms with E-state index in [1.165, 1.54) is 6.92 Å². The van der Waals surface area contributed by atoms with Crippen LogP contribution in [0.2, 0.25) is 0 Å². The number of amides is 1. The minimum absolute atomic E-state index is 0.0972. The van der Waals surface area contributed by atoms with E-state index >= 15 is 0 Å². The Morgan fingerprint density at radius 2 is 1.45 bits per heavy atom. The number of hydrogen-bond acceptors (Lipinski definition) is 5. The first-order valence-corrected chi connectivity index (χ1v) is 9.82. The molecule has 158 valence electrons. The summed E-state index contributed by atoms with van der Waals surface area (Å²) in [5.41, 5.74) is 2.81. The van der Waals surface area contributed by atoms with E-state index in [1.54, 1.807) is 60.7 Å². The lowest BCUT2D eigenvalue weighted by Gasteiger charge is -2.14. The van der Waals surface area contributed by atoms with Crippen molar-refractivity contribution in [2.24, 2.45) is 0 Å². The molecule has 1 atom stereocenters. The van der Waals surface area contributed by atoms with Gasteiger partial charge in [0.25, 0.3) is 5.91 Å². The summed E-state index contributed by atoms with van der Waals surface area (Å²) in [5, 5.41) is 2.69. The molecular weight excluding hydrogens is 394 g/mol. The van der Waals surface area contributed by atoms with E-state index in [0.717, 1.165) is 5.56 Å². The molecule has 0 aliphatic heterocycles. The molecule has 6 heteroatoms. The highest BCUT2D eigenvalue weighted by atomic mass is 16.6. The Kier molecular flexibility index (Phi) is 7.17. The highest BCUT2D eigenvalue weighted by molar-refractivity contribution is 6.09. The number of hydrogen-bond donors (Lipinski definition) is 1. The molecule has 1 amide bonds. The average Bonchev–Trinajstić information content (AvgIpc) is 2.79. The van der Waals surface area contributed by atoms with Crippen LogP contribution in [0.1, 0.15) is 28.4 Å². The van der Waals surface area contributed by atoms with Crippen molar-refractivity contribution >= 4 is 23.3 Å². The number of carbonyl (C=O) groups excluding carboxylic acids is 3. The maximum absolute atomic E-state index is 12.4. The van der Waals surface area contributed by atoms with E-state index in [0.29, 0.717) is 22.6 Å². The fourth-order valence-electron chi connectivity index (χ4n) is 2.77. The van der Waals surface area contributed by atoms with Gasteiger partial charge in [-0.05, 0) is 50.2 Å². The van der Waals surface area contributed by atoms with Crippen LogP contribution in [0.5, 0.6) is 5.75 Å². The zero-order chi connectivity index (χ0) is 22.2. The second kappa shape index (κ2) is 10.2. The molecule has 0 aromatic heterocycles. The molecule has 0 unspecified atom stereocenters. The van der Waals surface area contributed by atoms with Crippen LogP contribution in [0.15, 0.2) is 78.9 Å². The van der Waals surface area contributed by atoms with Crippen molar-refractivity contribution in [2.75, 3.05) is 11.9 Å². The quantitative estimate of drug-likeness (QED) is 0.439. The first-order chi connectivity index (χ1) is 14.9. The number of benzene rings is 3. The van der Waals surface area contributed by atoms with Gasteiger partial charge in [-0.15, -0.1) is 0 Å². The van der Waals surface area contributed by atoms with E-state index in [1.807, 2.05) is 25.1 Å². The molecule has 3 aromatic carbocycles. The lowest BCUT2D eigenvalue weighted by molar-refractivity contribution is -0.155. The molecule has 1 N–H and O–H groups in total. The summed E-state index contributed by atoms with van der Waals surface area (Å²) < 4.78 is 10.5. The van der Waals surface area contributed by atoms with Crippen molar-refractivity contribution in [1.29, 1.82) is 0 Å². The van der Waals surface area contributed by atoms with Crippen LogP contribution in [-0.2, 0) is 14.3 Å². The van der Waals surface area contributed by atoms with Crippen LogP contribution >= 0.6 is 0 Å². The summed E-state index contributed by atoms with van der Waals surface area (Å²) in [6, 6.07) is 22.7. The number of rotatable bonds is 8. The van der Waals surface area contributed by atoms with Crippen molar-refractivity contribution < 1.29 is 23.9 Å². The minimum atomic E-state index is -0.969. The molecule has 0 radical (unpaired) electrons. The molecular formula is C25H23NO5. The van der Waals surface area contributed by atoms with Crippen LogP contribution in [-0.4, -0.2) is 30.4 Å². The topological polar surface area (TPSA) is 81.7 Å². The third-order valence-corrected chi connectivity index (χ3v) is 4.51. The Morgan fingerprint density at radius 1 is 0.839 bits per heavy atom. The summed E-state index contributed by atoms with van der Waals surface area (Å²) in [7, 11) is 0. The molecule has 3 rings (SSSR count). The molecule has 31 heavy (non-hydrogen) atoms. The molecule has 3 aromatic rings. The smallest absolute Gasteiger partial charge is 0.344 e. The fraction of sp³-hybridized carbons (Fsp3) is 0.160. The van der Waals surface area contributed by atoms with Gasteiger partial charge in [-0.3, -0.25) is 9.59 Å². The number of carbonyl (C=O) groups is 3. The van der Waals surface area contributed by atoms with Crippen LogP contribution in [0.25, 0.3) is 0 Å². The summed E-state index contributed by atoms with van der Waals surface area (Å²) in [5.74, 6) is -0.782. The molecule has 0 fully saturated rings. The maximum Gasteiger partial charge on any atom is 0.344 e. The van der Waals surface area contributed by atoms with Crippen molar-refractivity contribution in [3.05, 3.63) is 95.6 Å². The number of ether oxygens (including phenoxy) is 2. The van der Waals surface area contributed by atoms with E-state index in [2.05, 4.69) is 5.32 Å². The molecule has 6 nitrogen and oxygen atoms in total. The van der Waals surface area contributed by atoms with Gasteiger partial charge in [0, 0.05) is 16.8 Å². The van der Waals surface area contributed by atoms with Crippen LogP contribution < -0.4 is 10.1 Å². The van der Waals surface area contributed by atoms with Gasteiger partial charge in [-0.25, -0.2) is 4.79 Å². The molecule has 0 saturated heterocycles. The fourth-order valence-corrected chi connectivity index (χ4v) is 2.77. The zero-order valence-electron chi connectivity index (χ0n) is 17.3. The van der Waals surface area contributed by atoms with Crippen molar-refractivity contribution in [3.8, 4) is 5.75 Å². The maximum atomic E-state index is 12.4. The number of aryl methyl sites for hydroxylation is 1. The van der Waals surface area contributed by atoms with Crippen molar-refractivity contribution in [1.82, 2.24) is 0 Å². The van der Waals surface area contributed by atoms with Crippen molar-refractivity contribution in [3.63, 3.8) is 0 Å². The van der Waals surface area contributed by atoms with Crippen LogP contribution in [0, 0.1) is 6.92 Å². The van der Waals surface area contributed by atoms with Gasteiger partial charge in [-0.2, -0.15) is 0 Å². The predicted octanol–water partition coefficient (Wildman–Crippen LogP) is 4.18. The van der Waals surface area contributed by atoms with Gasteiger partial charge in [0.2, 0.25) is 0 Å². The Hall–Kier alpha value is -3.93. The second-order valence-electron chi connectivity index (χ2n) is 7.00. The SMILES string of the molecule is Cc1ccc(NC(=O)[C@@H](C)OC(=O)COc2ccc(C(=O)c3ccccc3)cc2)cc1. The molecule has 0 aliphatic rings. The Labute approximate surface area is 180 Å². The predicted molar refractivity (Wildman–Crippen MR) is 117 cm³/mol. The van der Waals surface area contributed by atoms with Crippen LogP contribution in [0.4, 0.5) is 5.69 Å². The summed E-state index contributed by atoms with van der Waals surface area (Å²) in [6.07, 6.45) is -0.969. The molecule has 0 saturated carbocycles. The molecule has 0 aliphatic carbocycles. The lowest BCUT2D eigenvalue weighted by Crippen LogP contribution is -2.31. The lowest BCUT2D eigenvalue weighted by atomic mass is 10.0. The van der Waals surface area contributed by atoms with E-state index < -0.39 is 18.0 Å². The Bertz CT molecular complexity index is 1040. The molecule has 0 bridgehead atoms. The second-order valence-corrected chi connectivity index (χ2v) is 7.00. The van der Waals surface area contributed by atoms with Crippen molar-refractivity contribution in [2.45, 2.75) is 20.0 Å². The number of nitrogens with one attached hydrogen (secondary N) is 1. The summed E-state index contributed by atoms with van der Waals surface area (Å²) >= 11 is 0. The van der Waals surface area contributed by atoms with Crippen LogP contribution in [0.3, 0.4) is 0 Å². The van der Waals surface area contributed by atoms with Gasteiger partial charge in [0.05, 0.1) is 0 Å². The Balaban J connectivity index is 1.47. The third-order valence-electron chi connectivity index (χ3n) is 4.51. The highest BCUT2D eigenvalue weighted by Gasteiger charge is 2.18. The van der Waals surface area contributed by atoms with Gasteiger partial charge in [-0.1, -0.05) is 48.0 Å². The summed E-state index contributed by atoms with van der Waals surface area (Å²) in [6.45, 7) is 3.09. The normalized spacial score (nSPS) is 11.3. The number of ketones is 1. The first-order valence-electron chi connectivity index (χ1n) is 9.82. The Morgan fingerprint density at radius 3 is 2.10 bits per heavy atom. The largest absolute Gasteiger partial charge is 0.482 e. The number of anilines is 1. The minimum Gasteiger partial charge on any atom is -0.482 e. The zero-order valence-corrected chi connectivity index (χ0v) is 17.3. The van der Waals surface area contributed by atoms with E-state index in [9.17, 15) is 14.4 Å². The van der Waals surface area contributed by atoms with Gasteiger partial charge in [0.15, 0.2) is 18.5 Å². The molecule has 0 spiro atoms. The van der Waals surface area contributed by atoms with E-state index in [4.69, 9.17) is 9.47 Å². The van der Waals surface area contributed by atoms with Gasteiger partial charge < -0.3 is 14.8 Å². The first kappa shape index (κ1) is 21.8. The highest BCUT2D eigenvalue weighted by Crippen LogP contribution is 2.16. The average molecular weight is 417 g/mol. The number of esters is 1.